The van der Waals surface area contributed by atoms with Gasteiger partial charge in [-0.25, -0.2) is 0 Å². The molecule has 0 saturated carbocycles. The van der Waals surface area contributed by atoms with Gasteiger partial charge in [0.05, 0.1) is 4.83 Å². The van der Waals surface area contributed by atoms with Crippen LogP contribution in [0.5, 0.6) is 11.5 Å². The van der Waals surface area contributed by atoms with Crippen molar-refractivity contribution >= 4 is 21.7 Å². The Morgan fingerprint density at radius 2 is 1.77 bits per heavy atom. The Morgan fingerprint density at radius 3 is 2.15 bits per heavy atom. The SMILES string of the molecule is CC(Br)C(=O)c1cc(O)cc(O)c1. The molecule has 70 valence electrons. The number of ketones is 1. The monoisotopic (exact) mass is 244 g/mol. The van der Waals surface area contributed by atoms with Crippen molar-refractivity contribution in [2.75, 3.05) is 0 Å². The largest absolute Gasteiger partial charge is 0.508 e. The van der Waals surface area contributed by atoms with Crippen LogP contribution in [0.15, 0.2) is 18.2 Å². The summed E-state index contributed by atoms with van der Waals surface area (Å²) in [6, 6.07) is 3.81. The summed E-state index contributed by atoms with van der Waals surface area (Å²) in [6.07, 6.45) is 0. The van der Waals surface area contributed by atoms with Gasteiger partial charge in [-0.1, -0.05) is 15.9 Å². The fraction of sp³-hybridized carbons (Fsp3) is 0.222. The summed E-state index contributed by atoms with van der Waals surface area (Å²) in [4.78, 5) is 11.1. The lowest BCUT2D eigenvalue weighted by Crippen LogP contribution is -2.09. The van der Waals surface area contributed by atoms with Crippen LogP contribution in [0.1, 0.15) is 17.3 Å². The van der Waals surface area contributed by atoms with Gasteiger partial charge in [0.15, 0.2) is 5.78 Å². The fourth-order valence-corrected chi connectivity index (χ4v) is 1.23. The molecule has 1 aromatic carbocycles. The van der Waals surface area contributed by atoms with Crippen LogP contribution < -0.4 is 0 Å². The van der Waals surface area contributed by atoms with Crippen LogP contribution in [0.25, 0.3) is 0 Å². The summed E-state index contributed by atoms with van der Waals surface area (Å²) < 4.78 is 0. The second-order valence-electron chi connectivity index (χ2n) is 2.72. The second kappa shape index (κ2) is 3.79. The van der Waals surface area contributed by atoms with Gasteiger partial charge >= 0.3 is 0 Å². The van der Waals surface area contributed by atoms with E-state index in [9.17, 15) is 4.79 Å². The van der Waals surface area contributed by atoms with E-state index in [-0.39, 0.29) is 22.1 Å². The van der Waals surface area contributed by atoms with E-state index in [4.69, 9.17) is 10.2 Å². The third kappa shape index (κ3) is 2.45. The van der Waals surface area contributed by atoms with Crippen LogP contribution in [0.4, 0.5) is 0 Å². The second-order valence-corrected chi connectivity index (χ2v) is 4.09. The quantitative estimate of drug-likeness (QED) is 0.619. The Labute approximate surface area is 84.1 Å². The van der Waals surface area contributed by atoms with Crippen LogP contribution in [0, 0.1) is 0 Å². The van der Waals surface area contributed by atoms with Crippen molar-refractivity contribution in [1.29, 1.82) is 0 Å². The maximum Gasteiger partial charge on any atom is 0.176 e. The topological polar surface area (TPSA) is 57.5 Å². The molecule has 0 aliphatic heterocycles. The zero-order valence-electron chi connectivity index (χ0n) is 6.99. The predicted molar refractivity (Wildman–Crippen MR) is 52.5 cm³/mol. The Hall–Kier alpha value is -1.03. The van der Waals surface area contributed by atoms with E-state index < -0.39 is 0 Å². The molecule has 13 heavy (non-hydrogen) atoms. The molecule has 0 aliphatic carbocycles. The summed E-state index contributed by atoms with van der Waals surface area (Å²) in [5, 5.41) is 18.2. The molecule has 1 aromatic rings. The number of aromatic hydroxyl groups is 2. The zero-order chi connectivity index (χ0) is 10.0. The fourth-order valence-electron chi connectivity index (χ4n) is 0.967. The summed E-state index contributed by atoms with van der Waals surface area (Å²) in [7, 11) is 0. The molecular formula is C9H9BrO3. The number of phenols is 2. The third-order valence-electron chi connectivity index (χ3n) is 1.55. The van der Waals surface area contributed by atoms with E-state index in [2.05, 4.69) is 15.9 Å². The van der Waals surface area contributed by atoms with E-state index in [1.807, 2.05) is 0 Å². The average Bonchev–Trinajstić information content (AvgIpc) is 2.01. The van der Waals surface area contributed by atoms with Gasteiger partial charge in [0, 0.05) is 11.6 Å². The Balaban J connectivity index is 3.08. The van der Waals surface area contributed by atoms with Crippen molar-refractivity contribution in [2.24, 2.45) is 0 Å². The van der Waals surface area contributed by atoms with Crippen molar-refractivity contribution in [3.05, 3.63) is 23.8 Å². The molecule has 0 fully saturated rings. The number of carbonyl (C=O) groups is 1. The van der Waals surface area contributed by atoms with Gasteiger partial charge in [0.2, 0.25) is 0 Å². The van der Waals surface area contributed by atoms with Gasteiger partial charge in [-0.15, -0.1) is 0 Å². The number of phenolic OH excluding ortho intramolecular Hbond substituents is 2. The summed E-state index contributed by atoms with van der Waals surface area (Å²) in [5.41, 5.74) is 0.293. The minimum absolute atomic E-state index is 0.114. The number of Topliss-reactive ketones (excluding diaryl/α,β-unsaturated/α-hetero) is 1. The first kappa shape index (κ1) is 10.1. The highest BCUT2D eigenvalue weighted by molar-refractivity contribution is 9.10. The standard InChI is InChI=1S/C9H9BrO3/c1-5(10)9(13)6-2-7(11)4-8(12)3-6/h2-5,11-12H,1H3. The lowest BCUT2D eigenvalue weighted by atomic mass is 10.1. The number of rotatable bonds is 2. The molecular weight excluding hydrogens is 236 g/mol. The summed E-state index contributed by atoms with van der Waals surface area (Å²) >= 11 is 3.11. The number of halogens is 1. The Kier molecular flexibility index (Phi) is 2.93. The van der Waals surface area contributed by atoms with Crippen LogP contribution in [0.3, 0.4) is 0 Å². The smallest absolute Gasteiger partial charge is 0.176 e. The molecule has 3 nitrogen and oxygen atoms in total. The number of benzene rings is 1. The summed E-state index contributed by atoms with van der Waals surface area (Å²) in [5.74, 6) is -0.404. The minimum atomic E-state index is -0.325. The molecule has 4 heteroatoms. The van der Waals surface area contributed by atoms with Crippen LogP contribution in [-0.2, 0) is 0 Å². The summed E-state index contributed by atoms with van der Waals surface area (Å²) in [6.45, 7) is 1.68. The van der Waals surface area contributed by atoms with Crippen molar-refractivity contribution in [3.8, 4) is 11.5 Å². The van der Waals surface area contributed by atoms with Gasteiger partial charge in [-0.2, -0.15) is 0 Å². The predicted octanol–water partition coefficient (Wildman–Crippen LogP) is 2.06. The molecule has 1 unspecified atom stereocenters. The molecule has 1 atom stereocenters. The molecule has 0 spiro atoms. The molecule has 0 radical (unpaired) electrons. The van der Waals surface area contributed by atoms with Crippen molar-refractivity contribution < 1.29 is 15.0 Å². The van der Waals surface area contributed by atoms with E-state index in [1.54, 1.807) is 6.92 Å². The number of hydrogen-bond acceptors (Lipinski definition) is 3. The van der Waals surface area contributed by atoms with Gasteiger partial charge in [-0.3, -0.25) is 4.79 Å². The van der Waals surface area contributed by atoms with Crippen molar-refractivity contribution in [3.63, 3.8) is 0 Å². The highest BCUT2D eigenvalue weighted by Crippen LogP contribution is 2.22. The highest BCUT2D eigenvalue weighted by Gasteiger charge is 2.13. The van der Waals surface area contributed by atoms with Crippen molar-refractivity contribution in [2.45, 2.75) is 11.8 Å². The minimum Gasteiger partial charge on any atom is -0.508 e. The first-order chi connectivity index (χ1) is 6.00. The number of hydrogen-bond donors (Lipinski definition) is 2. The molecule has 0 amide bonds. The van der Waals surface area contributed by atoms with Gasteiger partial charge in [-0.05, 0) is 19.1 Å². The lowest BCUT2D eigenvalue weighted by Gasteiger charge is -2.03. The van der Waals surface area contributed by atoms with Gasteiger partial charge in [0.25, 0.3) is 0 Å². The number of alkyl halides is 1. The first-order valence-corrected chi connectivity index (χ1v) is 4.63. The van der Waals surface area contributed by atoms with Crippen LogP contribution in [0.2, 0.25) is 0 Å². The average molecular weight is 245 g/mol. The molecule has 0 saturated heterocycles. The molecule has 2 N–H and O–H groups in total. The Morgan fingerprint density at radius 1 is 1.31 bits per heavy atom. The number of carbonyl (C=O) groups excluding carboxylic acids is 1. The first-order valence-electron chi connectivity index (χ1n) is 3.72. The third-order valence-corrected chi connectivity index (χ3v) is 1.96. The van der Waals surface area contributed by atoms with Crippen molar-refractivity contribution in [1.82, 2.24) is 0 Å². The van der Waals surface area contributed by atoms with Crippen LogP contribution >= 0.6 is 15.9 Å². The Bertz CT molecular complexity index is 313. The van der Waals surface area contributed by atoms with Gasteiger partial charge in [0.1, 0.15) is 11.5 Å². The molecule has 0 heterocycles. The van der Waals surface area contributed by atoms with E-state index in [0.29, 0.717) is 5.56 Å². The molecule has 0 aromatic heterocycles. The maximum absolute atomic E-state index is 11.4. The molecule has 0 bridgehead atoms. The van der Waals surface area contributed by atoms with E-state index >= 15 is 0 Å². The van der Waals surface area contributed by atoms with Gasteiger partial charge < -0.3 is 10.2 Å². The maximum atomic E-state index is 11.4. The highest BCUT2D eigenvalue weighted by atomic mass is 79.9. The van der Waals surface area contributed by atoms with E-state index in [1.165, 1.54) is 18.2 Å². The zero-order valence-corrected chi connectivity index (χ0v) is 8.58. The van der Waals surface area contributed by atoms with Crippen LogP contribution in [-0.4, -0.2) is 20.8 Å². The molecule has 1 rings (SSSR count). The molecule has 0 aliphatic rings. The lowest BCUT2D eigenvalue weighted by molar-refractivity contribution is 0.0995. The van der Waals surface area contributed by atoms with E-state index in [0.717, 1.165) is 0 Å². The normalized spacial score (nSPS) is 12.5.